The predicted octanol–water partition coefficient (Wildman–Crippen LogP) is 13.9. The summed E-state index contributed by atoms with van der Waals surface area (Å²) in [5.74, 6) is 0. The summed E-state index contributed by atoms with van der Waals surface area (Å²) >= 11 is 0. The Morgan fingerprint density at radius 3 is 1.67 bits per heavy atom. The fourth-order valence-electron chi connectivity index (χ4n) is 7.93. The largest absolute Gasteiger partial charge is 0.310 e. The SMILES string of the molecule is c1ccc(-c2ccc(N(c3ccc4c(ccc5ccccc54)c3)c3ccc4c5c(-c6ccccc6)cccc5n(-c5ccccc5)c4c3)cc2)cc1. The van der Waals surface area contributed by atoms with Crippen LogP contribution < -0.4 is 4.90 Å². The molecule has 0 amide bonds. The van der Waals surface area contributed by atoms with Crippen molar-refractivity contribution in [3.05, 3.63) is 206 Å². The van der Waals surface area contributed by atoms with Crippen LogP contribution >= 0.6 is 0 Å². The molecule has 10 aromatic rings. The van der Waals surface area contributed by atoms with Gasteiger partial charge in [-0.2, -0.15) is 0 Å². The fraction of sp³-hybridized carbons (Fsp3) is 0. The molecular weight excluding hydrogens is 629 g/mol. The van der Waals surface area contributed by atoms with Crippen molar-refractivity contribution in [2.45, 2.75) is 0 Å². The van der Waals surface area contributed by atoms with E-state index in [0.29, 0.717) is 0 Å². The van der Waals surface area contributed by atoms with E-state index in [9.17, 15) is 0 Å². The minimum Gasteiger partial charge on any atom is -0.310 e. The molecule has 0 spiro atoms. The predicted molar refractivity (Wildman–Crippen MR) is 221 cm³/mol. The zero-order valence-corrected chi connectivity index (χ0v) is 28.5. The van der Waals surface area contributed by atoms with E-state index in [-0.39, 0.29) is 0 Å². The van der Waals surface area contributed by atoms with Crippen molar-refractivity contribution >= 4 is 60.4 Å². The molecule has 1 heterocycles. The van der Waals surface area contributed by atoms with Crippen molar-refractivity contribution in [3.63, 3.8) is 0 Å². The van der Waals surface area contributed by atoms with Crippen molar-refractivity contribution in [1.82, 2.24) is 4.57 Å². The van der Waals surface area contributed by atoms with Gasteiger partial charge >= 0.3 is 0 Å². The van der Waals surface area contributed by atoms with Gasteiger partial charge in [-0.25, -0.2) is 0 Å². The highest BCUT2D eigenvalue weighted by Crippen LogP contribution is 2.43. The molecule has 2 heteroatoms. The monoisotopic (exact) mass is 662 g/mol. The standard InChI is InChI=1S/C50H34N2/c1-4-13-35(14-5-1)36-25-27-41(28-26-36)51(42-29-31-45-39(33-42)24-23-38-17-10-11-20-44(38)45)43-30-32-47-49(34-43)52(40-18-8-3-9-19-40)48-22-12-21-46(50(47)48)37-15-6-2-7-16-37/h1-34H. The molecule has 0 saturated heterocycles. The summed E-state index contributed by atoms with van der Waals surface area (Å²) in [5.41, 5.74) is 11.7. The van der Waals surface area contributed by atoms with E-state index in [1.165, 1.54) is 65.6 Å². The van der Waals surface area contributed by atoms with Crippen molar-refractivity contribution in [2.24, 2.45) is 0 Å². The lowest BCUT2D eigenvalue weighted by molar-refractivity contribution is 1.18. The Labute approximate surface area is 303 Å². The molecule has 0 N–H and O–H groups in total. The summed E-state index contributed by atoms with van der Waals surface area (Å²) < 4.78 is 2.42. The van der Waals surface area contributed by atoms with Crippen LogP contribution in [-0.2, 0) is 0 Å². The molecule has 0 radical (unpaired) electrons. The molecule has 0 aliphatic carbocycles. The van der Waals surface area contributed by atoms with Crippen LogP contribution in [0.5, 0.6) is 0 Å². The van der Waals surface area contributed by atoms with E-state index in [1.807, 2.05) is 0 Å². The van der Waals surface area contributed by atoms with Crippen molar-refractivity contribution in [3.8, 4) is 27.9 Å². The van der Waals surface area contributed by atoms with Crippen molar-refractivity contribution in [2.75, 3.05) is 4.90 Å². The van der Waals surface area contributed by atoms with Crippen LogP contribution in [0.4, 0.5) is 17.1 Å². The summed E-state index contributed by atoms with van der Waals surface area (Å²) in [7, 11) is 0. The van der Waals surface area contributed by atoms with E-state index in [4.69, 9.17) is 0 Å². The summed E-state index contributed by atoms with van der Waals surface area (Å²) in [6, 6.07) is 74.7. The lowest BCUT2D eigenvalue weighted by Gasteiger charge is -2.26. The second-order valence-corrected chi connectivity index (χ2v) is 13.4. The van der Waals surface area contributed by atoms with Gasteiger partial charge in [-0.3, -0.25) is 0 Å². The van der Waals surface area contributed by atoms with Gasteiger partial charge in [-0.15, -0.1) is 0 Å². The van der Waals surface area contributed by atoms with Gasteiger partial charge in [0.2, 0.25) is 0 Å². The average molecular weight is 663 g/mol. The van der Waals surface area contributed by atoms with E-state index >= 15 is 0 Å². The molecule has 10 rings (SSSR count). The van der Waals surface area contributed by atoms with Crippen LogP contribution in [0.25, 0.3) is 71.3 Å². The number of anilines is 3. The second-order valence-electron chi connectivity index (χ2n) is 13.4. The van der Waals surface area contributed by atoms with Crippen LogP contribution in [0.3, 0.4) is 0 Å². The molecular formula is C50H34N2. The highest BCUT2D eigenvalue weighted by molar-refractivity contribution is 6.16. The van der Waals surface area contributed by atoms with Gasteiger partial charge in [0.15, 0.2) is 0 Å². The minimum atomic E-state index is 1.10. The zero-order chi connectivity index (χ0) is 34.4. The van der Waals surface area contributed by atoms with Crippen LogP contribution in [0.2, 0.25) is 0 Å². The summed E-state index contributed by atoms with van der Waals surface area (Å²) in [6.45, 7) is 0. The van der Waals surface area contributed by atoms with Gasteiger partial charge in [0.1, 0.15) is 0 Å². The molecule has 9 aromatic carbocycles. The first kappa shape index (κ1) is 30.0. The number of benzene rings is 9. The number of fused-ring (bicyclic) bond motifs is 6. The molecule has 244 valence electrons. The molecule has 2 nitrogen and oxygen atoms in total. The molecule has 0 unspecified atom stereocenters. The maximum atomic E-state index is 2.42. The molecule has 0 bridgehead atoms. The number of rotatable bonds is 6. The van der Waals surface area contributed by atoms with Gasteiger partial charge in [-0.05, 0) is 98.4 Å². The minimum absolute atomic E-state index is 1.10. The Morgan fingerprint density at radius 2 is 0.904 bits per heavy atom. The number of para-hydroxylation sites is 1. The number of aromatic nitrogens is 1. The Bertz CT molecular complexity index is 2870. The van der Waals surface area contributed by atoms with Crippen molar-refractivity contribution < 1.29 is 0 Å². The lowest BCUT2D eigenvalue weighted by atomic mass is 9.99. The molecule has 0 aliphatic heterocycles. The van der Waals surface area contributed by atoms with E-state index in [1.54, 1.807) is 0 Å². The zero-order valence-electron chi connectivity index (χ0n) is 28.5. The Hall–Kier alpha value is -6.90. The second kappa shape index (κ2) is 12.5. The van der Waals surface area contributed by atoms with Gasteiger partial charge in [-0.1, -0.05) is 152 Å². The fourth-order valence-corrected chi connectivity index (χ4v) is 7.93. The maximum Gasteiger partial charge on any atom is 0.0562 e. The third kappa shape index (κ3) is 5.04. The first-order valence-corrected chi connectivity index (χ1v) is 17.9. The summed E-state index contributed by atoms with van der Waals surface area (Å²) in [4.78, 5) is 2.40. The Kier molecular flexibility index (Phi) is 7.18. The van der Waals surface area contributed by atoms with Crippen LogP contribution in [0.15, 0.2) is 206 Å². The highest BCUT2D eigenvalue weighted by atomic mass is 15.1. The number of nitrogens with zero attached hydrogens (tertiary/aromatic N) is 2. The maximum absolute atomic E-state index is 2.42. The van der Waals surface area contributed by atoms with Gasteiger partial charge in [0.05, 0.1) is 11.0 Å². The molecule has 0 fully saturated rings. The van der Waals surface area contributed by atoms with E-state index < -0.39 is 0 Å². The third-order valence-electron chi connectivity index (χ3n) is 10.4. The smallest absolute Gasteiger partial charge is 0.0562 e. The first-order valence-electron chi connectivity index (χ1n) is 17.9. The third-order valence-corrected chi connectivity index (χ3v) is 10.4. The average Bonchev–Trinajstić information content (AvgIpc) is 3.56. The number of hydrogen-bond donors (Lipinski definition) is 0. The van der Waals surface area contributed by atoms with Crippen LogP contribution in [0.1, 0.15) is 0 Å². The normalized spacial score (nSPS) is 11.5. The van der Waals surface area contributed by atoms with E-state index in [2.05, 4.69) is 216 Å². The van der Waals surface area contributed by atoms with Crippen LogP contribution in [0, 0.1) is 0 Å². The lowest BCUT2D eigenvalue weighted by Crippen LogP contribution is -2.10. The van der Waals surface area contributed by atoms with Gasteiger partial charge in [0, 0.05) is 33.5 Å². The molecule has 52 heavy (non-hydrogen) atoms. The van der Waals surface area contributed by atoms with E-state index in [0.717, 1.165) is 22.7 Å². The molecule has 0 saturated carbocycles. The van der Waals surface area contributed by atoms with Gasteiger partial charge in [0.25, 0.3) is 0 Å². The first-order chi connectivity index (χ1) is 25.8. The van der Waals surface area contributed by atoms with Gasteiger partial charge < -0.3 is 9.47 Å². The Morgan fingerprint density at radius 1 is 0.327 bits per heavy atom. The highest BCUT2D eigenvalue weighted by Gasteiger charge is 2.20. The molecule has 0 atom stereocenters. The number of hydrogen-bond acceptors (Lipinski definition) is 1. The van der Waals surface area contributed by atoms with Crippen molar-refractivity contribution in [1.29, 1.82) is 0 Å². The topological polar surface area (TPSA) is 8.17 Å². The summed E-state index contributed by atoms with van der Waals surface area (Å²) in [5, 5.41) is 7.49. The summed E-state index contributed by atoms with van der Waals surface area (Å²) in [6.07, 6.45) is 0. The molecule has 0 aliphatic rings. The molecule has 1 aromatic heterocycles. The quantitative estimate of drug-likeness (QED) is 0.161. The van der Waals surface area contributed by atoms with Crippen LogP contribution in [-0.4, -0.2) is 4.57 Å². The Balaban J connectivity index is 1.22.